The Hall–Kier alpha value is -2.17. The van der Waals surface area contributed by atoms with E-state index in [9.17, 15) is 0 Å². The standard InChI is InChI=1S/C13H14N4O/c1-3-11-14-9-6-5-8(7-10(9)15-11)13-17-16-12(4-2)18-13/h5-7H,3-4H2,1-2H3,(H,14,15). The van der Waals surface area contributed by atoms with E-state index in [1.807, 2.05) is 25.1 Å². The third kappa shape index (κ3) is 1.77. The summed E-state index contributed by atoms with van der Waals surface area (Å²) in [5.74, 6) is 2.20. The molecule has 5 nitrogen and oxygen atoms in total. The van der Waals surface area contributed by atoms with Gasteiger partial charge >= 0.3 is 0 Å². The Morgan fingerprint density at radius 2 is 2.06 bits per heavy atom. The smallest absolute Gasteiger partial charge is 0.247 e. The van der Waals surface area contributed by atoms with Crippen LogP contribution >= 0.6 is 0 Å². The first kappa shape index (κ1) is 11.0. The van der Waals surface area contributed by atoms with Gasteiger partial charge in [-0.05, 0) is 18.2 Å². The van der Waals surface area contributed by atoms with Crippen LogP contribution in [0.25, 0.3) is 22.5 Å². The van der Waals surface area contributed by atoms with E-state index in [4.69, 9.17) is 4.42 Å². The first-order valence-electron chi connectivity index (χ1n) is 6.11. The third-order valence-corrected chi connectivity index (χ3v) is 2.88. The van der Waals surface area contributed by atoms with E-state index in [0.29, 0.717) is 11.8 Å². The monoisotopic (exact) mass is 242 g/mol. The van der Waals surface area contributed by atoms with E-state index < -0.39 is 0 Å². The summed E-state index contributed by atoms with van der Waals surface area (Å²) >= 11 is 0. The molecule has 0 aliphatic heterocycles. The number of benzene rings is 1. The fourth-order valence-corrected chi connectivity index (χ4v) is 1.88. The van der Waals surface area contributed by atoms with Gasteiger partial charge in [0.25, 0.3) is 0 Å². The van der Waals surface area contributed by atoms with E-state index in [0.717, 1.165) is 35.3 Å². The van der Waals surface area contributed by atoms with Crippen LogP contribution in [0.3, 0.4) is 0 Å². The van der Waals surface area contributed by atoms with Gasteiger partial charge in [0.15, 0.2) is 0 Å². The number of rotatable bonds is 3. The molecule has 0 atom stereocenters. The predicted molar refractivity (Wildman–Crippen MR) is 68.1 cm³/mol. The zero-order valence-electron chi connectivity index (χ0n) is 10.4. The quantitative estimate of drug-likeness (QED) is 0.766. The second-order valence-corrected chi connectivity index (χ2v) is 4.12. The maximum atomic E-state index is 5.54. The molecule has 0 spiro atoms. The van der Waals surface area contributed by atoms with Crippen molar-refractivity contribution in [2.45, 2.75) is 26.7 Å². The zero-order valence-corrected chi connectivity index (χ0v) is 10.4. The second-order valence-electron chi connectivity index (χ2n) is 4.12. The molecule has 5 heteroatoms. The lowest BCUT2D eigenvalue weighted by molar-refractivity contribution is 0.513. The van der Waals surface area contributed by atoms with Crippen molar-refractivity contribution < 1.29 is 4.42 Å². The van der Waals surface area contributed by atoms with Crippen molar-refractivity contribution in [3.63, 3.8) is 0 Å². The molecular formula is C13H14N4O. The van der Waals surface area contributed by atoms with Crippen molar-refractivity contribution >= 4 is 11.0 Å². The number of H-pyrrole nitrogens is 1. The Morgan fingerprint density at radius 3 is 2.78 bits per heavy atom. The Bertz CT molecular complexity index is 683. The lowest BCUT2D eigenvalue weighted by Gasteiger charge is -1.94. The number of aryl methyl sites for hydroxylation is 2. The van der Waals surface area contributed by atoms with Gasteiger partial charge in [0.2, 0.25) is 11.8 Å². The maximum Gasteiger partial charge on any atom is 0.247 e. The summed E-state index contributed by atoms with van der Waals surface area (Å²) in [4.78, 5) is 7.74. The first-order chi connectivity index (χ1) is 8.80. The molecule has 1 aromatic carbocycles. The Kier molecular flexibility index (Phi) is 2.59. The number of imidazole rings is 1. The zero-order chi connectivity index (χ0) is 12.5. The maximum absolute atomic E-state index is 5.54. The van der Waals surface area contributed by atoms with Gasteiger partial charge in [-0.15, -0.1) is 10.2 Å². The van der Waals surface area contributed by atoms with Gasteiger partial charge in [-0.2, -0.15) is 0 Å². The number of nitrogens with zero attached hydrogens (tertiary/aromatic N) is 3. The van der Waals surface area contributed by atoms with E-state index in [1.165, 1.54) is 0 Å². The topological polar surface area (TPSA) is 67.6 Å². The van der Waals surface area contributed by atoms with Crippen LogP contribution in [0, 0.1) is 0 Å². The molecule has 0 radical (unpaired) electrons. The fraction of sp³-hybridized carbons (Fsp3) is 0.308. The minimum Gasteiger partial charge on any atom is -0.421 e. The molecule has 0 amide bonds. The minimum atomic E-state index is 0.557. The summed E-state index contributed by atoms with van der Waals surface area (Å²) in [6.45, 7) is 4.06. The lowest BCUT2D eigenvalue weighted by Crippen LogP contribution is -1.79. The van der Waals surface area contributed by atoms with Gasteiger partial charge in [0.05, 0.1) is 11.0 Å². The molecular weight excluding hydrogens is 228 g/mol. The molecule has 0 unspecified atom stereocenters. The van der Waals surface area contributed by atoms with Crippen molar-refractivity contribution in [3.05, 3.63) is 29.9 Å². The van der Waals surface area contributed by atoms with Gasteiger partial charge in [-0.3, -0.25) is 0 Å². The number of hydrogen-bond donors (Lipinski definition) is 1. The molecule has 92 valence electrons. The summed E-state index contributed by atoms with van der Waals surface area (Å²) in [7, 11) is 0. The molecule has 0 bridgehead atoms. The molecule has 1 N–H and O–H groups in total. The second kappa shape index (κ2) is 4.25. The van der Waals surface area contributed by atoms with E-state index in [1.54, 1.807) is 0 Å². The van der Waals surface area contributed by atoms with Crippen molar-refractivity contribution in [1.82, 2.24) is 20.2 Å². The van der Waals surface area contributed by atoms with Gasteiger partial charge in [0.1, 0.15) is 5.82 Å². The number of hydrogen-bond acceptors (Lipinski definition) is 4. The Balaban J connectivity index is 2.06. The number of aromatic nitrogens is 4. The number of aromatic amines is 1. The highest BCUT2D eigenvalue weighted by Crippen LogP contribution is 2.22. The number of nitrogens with one attached hydrogen (secondary N) is 1. The molecule has 2 aromatic heterocycles. The number of fused-ring (bicyclic) bond motifs is 1. The van der Waals surface area contributed by atoms with Crippen molar-refractivity contribution in [2.75, 3.05) is 0 Å². The minimum absolute atomic E-state index is 0.557. The van der Waals surface area contributed by atoms with E-state index in [-0.39, 0.29) is 0 Å². The van der Waals surface area contributed by atoms with Crippen LogP contribution < -0.4 is 0 Å². The summed E-state index contributed by atoms with van der Waals surface area (Å²) in [5.41, 5.74) is 2.88. The SMILES string of the molecule is CCc1nc2ccc(-c3nnc(CC)o3)cc2[nH]1. The molecule has 18 heavy (non-hydrogen) atoms. The fourth-order valence-electron chi connectivity index (χ4n) is 1.88. The highest BCUT2D eigenvalue weighted by atomic mass is 16.4. The van der Waals surface area contributed by atoms with Crippen LogP contribution in [0.4, 0.5) is 0 Å². The summed E-state index contributed by atoms with van der Waals surface area (Å²) in [6, 6.07) is 5.92. The molecule has 3 rings (SSSR count). The first-order valence-corrected chi connectivity index (χ1v) is 6.11. The van der Waals surface area contributed by atoms with Crippen LogP contribution in [-0.2, 0) is 12.8 Å². The summed E-state index contributed by atoms with van der Waals surface area (Å²) < 4.78 is 5.54. The average molecular weight is 242 g/mol. The Morgan fingerprint density at radius 1 is 1.17 bits per heavy atom. The van der Waals surface area contributed by atoms with Crippen molar-refractivity contribution in [3.8, 4) is 11.5 Å². The summed E-state index contributed by atoms with van der Waals surface area (Å²) in [5, 5.41) is 8.01. The van der Waals surface area contributed by atoms with E-state index >= 15 is 0 Å². The highest BCUT2D eigenvalue weighted by molar-refractivity contribution is 5.80. The van der Waals surface area contributed by atoms with Gasteiger partial charge < -0.3 is 9.40 Å². The van der Waals surface area contributed by atoms with Crippen molar-refractivity contribution in [1.29, 1.82) is 0 Å². The molecule has 0 saturated carbocycles. The van der Waals surface area contributed by atoms with Crippen LogP contribution in [0.5, 0.6) is 0 Å². The lowest BCUT2D eigenvalue weighted by atomic mass is 10.2. The largest absolute Gasteiger partial charge is 0.421 e. The molecule has 0 aliphatic carbocycles. The Labute approximate surface area is 104 Å². The van der Waals surface area contributed by atoms with Crippen molar-refractivity contribution in [2.24, 2.45) is 0 Å². The molecule has 3 aromatic rings. The predicted octanol–water partition coefficient (Wildman–Crippen LogP) is 2.74. The van der Waals surface area contributed by atoms with Crippen LogP contribution in [0.15, 0.2) is 22.6 Å². The van der Waals surface area contributed by atoms with Gasteiger partial charge in [-0.25, -0.2) is 4.98 Å². The van der Waals surface area contributed by atoms with Crippen LogP contribution in [-0.4, -0.2) is 20.2 Å². The van der Waals surface area contributed by atoms with Crippen LogP contribution in [0.2, 0.25) is 0 Å². The third-order valence-electron chi connectivity index (χ3n) is 2.88. The average Bonchev–Trinajstić information content (AvgIpc) is 3.03. The molecule has 2 heterocycles. The molecule has 0 aliphatic rings. The van der Waals surface area contributed by atoms with E-state index in [2.05, 4.69) is 27.1 Å². The summed E-state index contributed by atoms with van der Waals surface area (Å²) in [6.07, 6.45) is 1.64. The molecule has 0 fully saturated rings. The van der Waals surface area contributed by atoms with Gasteiger partial charge in [-0.1, -0.05) is 13.8 Å². The molecule has 0 saturated heterocycles. The normalized spacial score (nSPS) is 11.2. The highest BCUT2D eigenvalue weighted by Gasteiger charge is 2.09. The van der Waals surface area contributed by atoms with Crippen LogP contribution in [0.1, 0.15) is 25.6 Å². The van der Waals surface area contributed by atoms with Gasteiger partial charge in [0, 0.05) is 18.4 Å².